The quantitative estimate of drug-likeness (QED) is 0.900. The van der Waals surface area contributed by atoms with Gasteiger partial charge in [0.15, 0.2) is 0 Å². The first kappa shape index (κ1) is 14.5. The molecule has 0 bridgehead atoms. The standard InChI is InChI=1S/C17H21FN2/c1-3-20(16-9-7-13(2)8-10-16)12-17(19)14-5-4-6-15(18)11-14/h4-11,17H,3,12,19H2,1-2H3. The summed E-state index contributed by atoms with van der Waals surface area (Å²) >= 11 is 0. The summed E-state index contributed by atoms with van der Waals surface area (Å²) in [5.74, 6) is -0.240. The molecule has 0 aliphatic carbocycles. The molecule has 1 atom stereocenters. The summed E-state index contributed by atoms with van der Waals surface area (Å²) in [6, 6.07) is 14.7. The Morgan fingerprint density at radius 3 is 2.45 bits per heavy atom. The molecule has 106 valence electrons. The zero-order valence-electron chi connectivity index (χ0n) is 12.0. The van der Waals surface area contributed by atoms with Crippen molar-refractivity contribution >= 4 is 5.69 Å². The molecule has 0 saturated heterocycles. The van der Waals surface area contributed by atoms with Crippen LogP contribution in [0.4, 0.5) is 10.1 Å². The van der Waals surface area contributed by atoms with Crippen molar-refractivity contribution in [2.24, 2.45) is 5.73 Å². The summed E-state index contributed by atoms with van der Waals surface area (Å²) < 4.78 is 13.2. The number of nitrogens with two attached hydrogens (primary N) is 1. The highest BCUT2D eigenvalue weighted by molar-refractivity contribution is 5.47. The lowest BCUT2D eigenvalue weighted by Crippen LogP contribution is -2.32. The van der Waals surface area contributed by atoms with E-state index >= 15 is 0 Å². The third-order valence-corrected chi connectivity index (χ3v) is 3.47. The van der Waals surface area contributed by atoms with Gasteiger partial charge in [-0.05, 0) is 43.7 Å². The first-order chi connectivity index (χ1) is 9.60. The van der Waals surface area contributed by atoms with Gasteiger partial charge in [-0.25, -0.2) is 4.39 Å². The normalized spacial score (nSPS) is 12.2. The molecule has 3 heteroatoms. The van der Waals surface area contributed by atoms with Gasteiger partial charge in [0.25, 0.3) is 0 Å². The van der Waals surface area contributed by atoms with E-state index in [-0.39, 0.29) is 11.9 Å². The first-order valence-corrected chi connectivity index (χ1v) is 6.93. The van der Waals surface area contributed by atoms with Crippen molar-refractivity contribution in [2.45, 2.75) is 19.9 Å². The van der Waals surface area contributed by atoms with Crippen molar-refractivity contribution in [1.29, 1.82) is 0 Å². The second-order valence-corrected chi connectivity index (χ2v) is 5.04. The zero-order chi connectivity index (χ0) is 14.5. The van der Waals surface area contributed by atoms with Crippen LogP contribution < -0.4 is 10.6 Å². The summed E-state index contributed by atoms with van der Waals surface area (Å²) in [5.41, 5.74) is 9.41. The average molecular weight is 272 g/mol. The Morgan fingerprint density at radius 2 is 1.85 bits per heavy atom. The van der Waals surface area contributed by atoms with E-state index in [4.69, 9.17) is 5.73 Å². The van der Waals surface area contributed by atoms with E-state index in [1.54, 1.807) is 6.07 Å². The Balaban J connectivity index is 2.11. The Bertz CT molecular complexity index is 551. The zero-order valence-corrected chi connectivity index (χ0v) is 12.0. The fourth-order valence-corrected chi connectivity index (χ4v) is 2.25. The summed E-state index contributed by atoms with van der Waals surface area (Å²) in [7, 11) is 0. The molecule has 0 heterocycles. The van der Waals surface area contributed by atoms with Crippen molar-refractivity contribution in [3.05, 3.63) is 65.5 Å². The van der Waals surface area contributed by atoms with Crippen LogP contribution in [0.25, 0.3) is 0 Å². The smallest absolute Gasteiger partial charge is 0.123 e. The minimum absolute atomic E-state index is 0.202. The Labute approximate surface area is 120 Å². The summed E-state index contributed by atoms with van der Waals surface area (Å²) in [6.07, 6.45) is 0. The molecular weight excluding hydrogens is 251 g/mol. The highest BCUT2D eigenvalue weighted by Gasteiger charge is 2.12. The van der Waals surface area contributed by atoms with Gasteiger partial charge in [0, 0.05) is 24.8 Å². The van der Waals surface area contributed by atoms with E-state index in [1.807, 2.05) is 6.07 Å². The topological polar surface area (TPSA) is 29.3 Å². The maximum Gasteiger partial charge on any atom is 0.123 e. The summed E-state index contributed by atoms with van der Waals surface area (Å²) in [6.45, 7) is 5.70. The van der Waals surface area contributed by atoms with E-state index < -0.39 is 0 Å². The summed E-state index contributed by atoms with van der Waals surface area (Å²) in [5, 5.41) is 0. The van der Waals surface area contributed by atoms with Crippen LogP contribution in [-0.4, -0.2) is 13.1 Å². The molecule has 0 fully saturated rings. The SMILES string of the molecule is CCN(CC(N)c1cccc(F)c1)c1ccc(C)cc1. The number of anilines is 1. The number of halogens is 1. The predicted molar refractivity (Wildman–Crippen MR) is 82.4 cm³/mol. The van der Waals surface area contributed by atoms with Crippen LogP contribution in [0, 0.1) is 12.7 Å². The average Bonchev–Trinajstić information content (AvgIpc) is 2.45. The molecule has 2 nitrogen and oxygen atoms in total. The molecule has 0 aliphatic rings. The molecule has 0 aromatic heterocycles. The van der Waals surface area contributed by atoms with Crippen molar-refractivity contribution in [3.8, 4) is 0 Å². The molecular formula is C17H21FN2. The van der Waals surface area contributed by atoms with Crippen LogP contribution >= 0.6 is 0 Å². The highest BCUT2D eigenvalue weighted by atomic mass is 19.1. The molecule has 20 heavy (non-hydrogen) atoms. The first-order valence-electron chi connectivity index (χ1n) is 6.93. The molecule has 2 aromatic carbocycles. The van der Waals surface area contributed by atoms with E-state index in [2.05, 4.69) is 43.0 Å². The molecule has 2 N–H and O–H groups in total. The monoisotopic (exact) mass is 272 g/mol. The van der Waals surface area contributed by atoms with E-state index in [1.165, 1.54) is 17.7 Å². The largest absolute Gasteiger partial charge is 0.370 e. The Hall–Kier alpha value is -1.87. The number of hydrogen-bond acceptors (Lipinski definition) is 2. The van der Waals surface area contributed by atoms with Gasteiger partial charge in [-0.15, -0.1) is 0 Å². The third-order valence-electron chi connectivity index (χ3n) is 3.47. The van der Waals surface area contributed by atoms with Crippen LogP contribution in [0.15, 0.2) is 48.5 Å². The lowest BCUT2D eigenvalue weighted by atomic mass is 10.1. The fraction of sp³-hybridized carbons (Fsp3) is 0.294. The molecule has 2 rings (SSSR count). The Kier molecular flexibility index (Phi) is 4.74. The van der Waals surface area contributed by atoms with E-state index in [0.717, 1.165) is 17.8 Å². The maximum absolute atomic E-state index is 13.2. The number of likely N-dealkylation sites (N-methyl/N-ethyl adjacent to an activating group) is 1. The molecule has 0 radical (unpaired) electrons. The van der Waals surface area contributed by atoms with Crippen LogP contribution in [0.3, 0.4) is 0 Å². The predicted octanol–water partition coefficient (Wildman–Crippen LogP) is 3.66. The van der Waals surface area contributed by atoms with Gasteiger partial charge >= 0.3 is 0 Å². The fourth-order valence-electron chi connectivity index (χ4n) is 2.25. The van der Waals surface area contributed by atoms with Gasteiger partial charge in [-0.3, -0.25) is 0 Å². The van der Waals surface area contributed by atoms with Crippen LogP contribution in [0.5, 0.6) is 0 Å². The van der Waals surface area contributed by atoms with Gasteiger partial charge in [0.1, 0.15) is 5.82 Å². The number of benzene rings is 2. The van der Waals surface area contributed by atoms with Crippen molar-refractivity contribution < 1.29 is 4.39 Å². The van der Waals surface area contributed by atoms with Crippen LogP contribution in [-0.2, 0) is 0 Å². The molecule has 0 spiro atoms. The molecule has 1 unspecified atom stereocenters. The minimum Gasteiger partial charge on any atom is -0.370 e. The van der Waals surface area contributed by atoms with Gasteiger partial charge in [-0.1, -0.05) is 29.8 Å². The van der Waals surface area contributed by atoms with Crippen molar-refractivity contribution in [3.63, 3.8) is 0 Å². The van der Waals surface area contributed by atoms with Crippen LogP contribution in [0.1, 0.15) is 24.1 Å². The Morgan fingerprint density at radius 1 is 1.15 bits per heavy atom. The number of nitrogens with zero attached hydrogens (tertiary/aromatic N) is 1. The van der Waals surface area contributed by atoms with E-state index in [9.17, 15) is 4.39 Å². The second kappa shape index (κ2) is 6.53. The molecule has 0 amide bonds. The van der Waals surface area contributed by atoms with Crippen molar-refractivity contribution in [1.82, 2.24) is 0 Å². The summed E-state index contributed by atoms with van der Waals surface area (Å²) in [4.78, 5) is 2.20. The van der Waals surface area contributed by atoms with Gasteiger partial charge in [0.05, 0.1) is 0 Å². The molecule has 0 saturated carbocycles. The second-order valence-electron chi connectivity index (χ2n) is 5.04. The lowest BCUT2D eigenvalue weighted by Gasteiger charge is -2.27. The number of rotatable bonds is 5. The molecule has 0 aliphatic heterocycles. The van der Waals surface area contributed by atoms with Crippen LogP contribution in [0.2, 0.25) is 0 Å². The maximum atomic E-state index is 13.2. The molecule has 2 aromatic rings. The van der Waals surface area contributed by atoms with E-state index in [0.29, 0.717) is 6.54 Å². The highest BCUT2D eigenvalue weighted by Crippen LogP contribution is 2.19. The lowest BCUT2D eigenvalue weighted by molar-refractivity contribution is 0.616. The third kappa shape index (κ3) is 3.58. The number of hydrogen-bond donors (Lipinski definition) is 1. The van der Waals surface area contributed by atoms with Crippen molar-refractivity contribution in [2.75, 3.05) is 18.0 Å². The minimum atomic E-state index is -0.240. The van der Waals surface area contributed by atoms with Gasteiger partial charge in [-0.2, -0.15) is 0 Å². The van der Waals surface area contributed by atoms with Gasteiger partial charge in [0.2, 0.25) is 0 Å². The number of aryl methyl sites for hydroxylation is 1. The van der Waals surface area contributed by atoms with Gasteiger partial charge < -0.3 is 10.6 Å².